The molecule has 2 heteroatoms. The third-order valence-corrected chi connectivity index (χ3v) is 3.71. The van der Waals surface area contributed by atoms with Crippen molar-refractivity contribution in [3.05, 3.63) is 0 Å². The van der Waals surface area contributed by atoms with Crippen LogP contribution in [0.25, 0.3) is 0 Å². The minimum atomic E-state index is -0.161. The molecule has 0 aromatic carbocycles. The molecule has 0 saturated heterocycles. The smallest absolute Gasteiger partial charge is 0.0515 e. The highest BCUT2D eigenvalue weighted by Gasteiger charge is 2.18. The first-order chi connectivity index (χ1) is 7.58. The average Bonchev–Trinajstić information content (AvgIpc) is 2.16. The number of hydrogen-bond acceptors (Lipinski definition) is 2. The zero-order valence-corrected chi connectivity index (χ0v) is 11.2. The van der Waals surface area contributed by atoms with Crippen LogP contribution in [0.15, 0.2) is 0 Å². The number of aliphatic hydroxyl groups is 1. The van der Waals surface area contributed by atoms with Crippen molar-refractivity contribution in [2.75, 3.05) is 13.1 Å². The largest absolute Gasteiger partial charge is 0.393 e. The fourth-order valence-electron chi connectivity index (χ4n) is 2.94. The van der Waals surface area contributed by atoms with Crippen LogP contribution in [0.3, 0.4) is 0 Å². The first kappa shape index (κ1) is 14.0. The van der Waals surface area contributed by atoms with E-state index in [4.69, 9.17) is 0 Å². The van der Waals surface area contributed by atoms with Crippen molar-refractivity contribution in [1.29, 1.82) is 0 Å². The van der Waals surface area contributed by atoms with Crippen LogP contribution in [-0.2, 0) is 0 Å². The van der Waals surface area contributed by atoms with E-state index in [0.717, 1.165) is 24.8 Å². The van der Waals surface area contributed by atoms with Crippen LogP contribution in [0.2, 0.25) is 0 Å². The van der Waals surface area contributed by atoms with Gasteiger partial charge in [0.05, 0.1) is 6.10 Å². The summed E-state index contributed by atoms with van der Waals surface area (Å²) in [6.45, 7) is 8.69. The summed E-state index contributed by atoms with van der Waals surface area (Å²) >= 11 is 0. The minimum Gasteiger partial charge on any atom is -0.393 e. The van der Waals surface area contributed by atoms with Gasteiger partial charge in [0, 0.05) is 0 Å². The quantitative estimate of drug-likeness (QED) is 0.731. The fraction of sp³-hybridized carbons (Fsp3) is 1.00. The van der Waals surface area contributed by atoms with Crippen LogP contribution in [0.5, 0.6) is 0 Å². The summed E-state index contributed by atoms with van der Waals surface area (Å²) in [6.07, 6.45) is 6.39. The monoisotopic (exact) mass is 227 g/mol. The van der Waals surface area contributed by atoms with Gasteiger partial charge in [0.25, 0.3) is 0 Å². The Balaban J connectivity index is 2.05. The maximum atomic E-state index is 9.28. The van der Waals surface area contributed by atoms with Crippen molar-refractivity contribution in [3.8, 4) is 0 Å². The Kier molecular flexibility index (Phi) is 6.37. The van der Waals surface area contributed by atoms with E-state index in [-0.39, 0.29) is 6.10 Å². The van der Waals surface area contributed by atoms with Crippen LogP contribution >= 0.6 is 0 Å². The summed E-state index contributed by atoms with van der Waals surface area (Å²) in [5, 5.41) is 12.8. The molecule has 0 aromatic heterocycles. The minimum absolute atomic E-state index is 0.161. The second-order valence-corrected chi connectivity index (χ2v) is 5.99. The predicted octanol–water partition coefficient (Wildman–Crippen LogP) is 2.81. The molecule has 0 aromatic rings. The highest BCUT2D eigenvalue weighted by atomic mass is 16.3. The lowest BCUT2D eigenvalue weighted by molar-refractivity contribution is 0.162. The lowest BCUT2D eigenvalue weighted by Crippen LogP contribution is -2.30. The van der Waals surface area contributed by atoms with E-state index in [2.05, 4.69) is 19.2 Å². The zero-order chi connectivity index (χ0) is 12.0. The Hall–Kier alpha value is -0.0800. The molecular weight excluding hydrogens is 198 g/mol. The Labute approximate surface area is 101 Å². The van der Waals surface area contributed by atoms with E-state index in [0.29, 0.717) is 5.92 Å². The van der Waals surface area contributed by atoms with Gasteiger partial charge in [0.2, 0.25) is 0 Å². The van der Waals surface area contributed by atoms with E-state index in [1.807, 2.05) is 6.92 Å². The molecule has 0 amide bonds. The SMILES string of the molecule is C[C@@H]1CCC[C@@H](CNC[C@@H](C)C[C@H](C)O)C1. The van der Waals surface area contributed by atoms with Gasteiger partial charge in [0.1, 0.15) is 0 Å². The van der Waals surface area contributed by atoms with Gasteiger partial charge in [-0.3, -0.25) is 0 Å². The van der Waals surface area contributed by atoms with Gasteiger partial charge >= 0.3 is 0 Å². The Morgan fingerprint density at radius 2 is 2.06 bits per heavy atom. The van der Waals surface area contributed by atoms with E-state index >= 15 is 0 Å². The molecule has 0 spiro atoms. The second kappa shape index (κ2) is 7.29. The van der Waals surface area contributed by atoms with Crippen molar-refractivity contribution in [2.45, 2.75) is 59.0 Å². The van der Waals surface area contributed by atoms with Crippen molar-refractivity contribution in [3.63, 3.8) is 0 Å². The molecule has 2 nitrogen and oxygen atoms in total. The number of hydrogen-bond donors (Lipinski definition) is 2. The molecule has 0 heterocycles. The molecule has 1 rings (SSSR count). The molecule has 4 atom stereocenters. The van der Waals surface area contributed by atoms with Gasteiger partial charge in [-0.15, -0.1) is 0 Å². The predicted molar refractivity (Wildman–Crippen MR) is 69.5 cm³/mol. The van der Waals surface area contributed by atoms with Gasteiger partial charge in [-0.25, -0.2) is 0 Å². The molecule has 0 bridgehead atoms. The molecule has 96 valence electrons. The first-order valence-corrected chi connectivity index (χ1v) is 6.96. The summed E-state index contributed by atoms with van der Waals surface area (Å²) in [6, 6.07) is 0. The molecule has 1 aliphatic rings. The number of nitrogens with one attached hydrogen (secondary N) is 1. The Morgan fingerprint density at radius 1 is 1.31 bits per heavy atom. The van der Waals surface area contributed by atoms with Crippen molar-refractivity contribution in [1.82, 2.24) is 5.32 Å². The molecule has 1 saturated carbocycles. The first-order valence-electron chi connectivity index (χ1n) is 6.96. The fourth-order valence-corrected chi connectivity index (χ4v) is 2.94. The maximum Gasteiger partial charge on any atom is 0.0515 e. The van der Waals surface area contributed by atoms with Gasteiger partial charge in [0.15, 0.2) is 0 Å². The third kappa shape index (κ3) is 5.86. The van der Waals surface area contributed by atoms with E-state index in [1.54, 1.807) is 0 Å². The second-order valence-electron chi connectivity index (χ2n) is 5.99. The van der Waals surface area contributed by atoms with Gasteiger partial charge in [-0.2, -0.15) is 0 Å². The van der Waals surface area contributed by atoms with Crippen LogP contribution in [0.1, 0.15) is 52.9 Å². The average molecular weight is 227 g/mol. The lowest BCUT2D eigenvalue weighted by Gasteiger charge is -2.27. The Bertz CT molecular complexity index is 182. The topological polar surface area (TPSA) is 32.3 Å². The lowest BCUT2D eigenvalue weighted by atomic mass is 9.82. The van der Waals surface area contributed by atoms with Crippen LogP contribution in [-0.4, -0.2) is 24.3 Å². The van der Waals surface area contributed by atoms with Crippen molar-refractivity contribution < 1.29 is 5.11 Å². The zero-order valence-electron chi connectivity index (χ0n) is 11.2. The molecule has 0 radical (unpaired) electrons. The summed E-state index contributed by atoms with van der Waals surface area (Å²) in [4.78, 5) is 0. The van der Waals surface area contributed by atoms with Crippen molar-refractivity contribution >= 4 is 0 Å². The highest BCUT2D eigenvalue weighted by molar-refractivity contribution is 4.72. The standard InChI is InChI=1S/C14H29NO/c1-11-5-4-6-14(8-11)10-15-9-12(2)7-13(3)16/h11-16H,4-10H2,1-3H3/t11-,12+,13+,14-/m1/s1. The summed E-state index contributed by atoms with van der Waals surface area (Å²) in [7, 11) is 0. The molecule has 16 heavy (non-hydrogen) atoms. The van der Waals surface area contributed by atoms with Gasteiger partial charge < -0.3 is 10.4 Å². The highest BCUT2D eigenvalue weighted by Crippen LogP contribution is 2.27. The summed E-state index contributed by atoms with van der Waals surface area (Å²) in [5.41, 5.74) is 0. The van der Waals surface area contributed by atoms with E-state index < -0.39 is 0 Å². The molecule has 1 aliphatic carbocycles. The Morgan fingerprint density at radius 3 is 2.69 bits per heavy atom. The normalized spacial score (nSPS) is 30.0. The van der Waals surface area contributed by atoms with Crippen molar-refractivity contribution in [2.24, 2.45) is 17.8 Å². The van der Waals surface area contributed by atoms with Crippen LogP contribution < -0.4 is 5.32 Å². The van der Waals surface area contributed by atoms with E-state index in [9.17, 15) is 5.11 Å². The van der Waals surface area contributed by atoms with Crippen LogP contribution in [0.4, 0.5) is 0 Å². The summed E-state index contributed by atoms with van der Waals surface area (Å²) < 4.78 is 0. The molecule has 1 fully saturated rings. The third-order valence-electron chi connectivity index (χ3n) is 3.71. The van der Waals surface area contributed by atoms with Gasteiger partial charge in [-0.05, 0) is 57.0 Å². The molecular formula is C14H29NO. The summed E-state index contributed by atoms with van der Waals surface area (Å²) in [5.74, 6) is 2.40. The van der Waals surface area contributed by atoms with Crippen LogP contribution in [0, 0.1) is 17.8 Å². The van der Waals surface area contributed by atoms with Gasteiger partial charge in [-0.1, -0.05) is 26.7 Å². The number of aliphatic hydroxyl groups excluding tert-OH is 1. The molecule has 0 unspecified atom stereocenters. The molecule has 0 aliphatic heterocycles. The molecule has 2 N–H and O–H groups in total. The maximum absolute atomic E-state index is 9.28. The van der Waals surface area contributed by atoms with E-state index in [1.165, 1.54) is 32.2 Å². The number of rotatable bonds is 6.